The van der Waals surface area contributed by atoms with Crippen LogP contribution >= 0.6 is 0 Å². The first-order chi connectivity index (χ1) is 26.8. The van der Waals surface area contributed by atoms with E-state index in [1.807, 2.05) is 6.92 Å². The van der Waals surface area contributed by atoms with Crippen LogP contribution in [-0.2, 0) is 37.0 Å². The first-order valence-electron chi connectivity index (χ1n) is 19.5. The Hall–Kier alpha value is -4.70. The summed E-state index contributed by atoms with van der Waals surface area (Å²) in [7, 11) is 2.51. The Labute approximate surface area is 330 Å². The van der Waals surface area contributed by atoms with Gasteiger partial charge in [0.2, 0.25) is 11.8 Å². The van der Waals surface area contributed by atoms with Crippen molar-refractivity contribution in [1.29, 1.82) is 0 Å². The van der Waals surface area contributed by atoms with E-state index >= 15 is 0 Å². The van der Waals surface area contributed by atoms with Gasteiger partial charge >= 0.3 is 13.3 Å². The highest BCUT2D eigenvalue weighted by Crippen LogP contribution is 2.65. The molecule has 304 valence electrons. The number of nitrogens with zero attached hydrogens (tertiary/aromatic N) is 3. The van der Waals surface area contributed by atoms with Gasteiger partial charge in [-0.2, -0.15) is 13.2 Å². The minimum absolute atomic E-state index is 0.0214. The van der Waals surface area contributed by atoms with Crippen LogP contribution < -0.4 is 21.5 Å². The maximum atomic E-state index is 14.4. The largest absolute Gasteiger partial charge is 0.481 e. The van der Waals surface area contributed by atoms with Crippen molar-refractivity contribution in [3.05, 3.63) is 87.6 Å². The minimum Gasteiger partial charge on any atom is -0.404 e. The Kier molecular flexibility index (Phi) is 10.4. The Morgan fingerprint density at radius 2 is 1.79 bits per heavy atom. The van der Waals surface area contributed by atoms with Crippen LogP contribution in [0.3, 0.4) is 0 Å². The molecule has 2 aromatic carbocycles. The third-order valence-electron chi connectivity index (χ3n) is 13.0. The van der Waals surface area contributed by atoms with Gasteiger partial charge in [0.05, 0.1) is 40.7 Å². The molecule has 3 N–H and O–H groups in total. The van der Waals surface area contributed by atoms with Crippen molar-refractivity contribution in [2.75, 3.05) is 24.7 Å². The summed E-state index contributed by atoms with van der Waals surface area (Å²) >= 11 is 0. The molecular weight excluding hydrogens is 740 g/mol. The predicted molar refractivity (Wildman–Crippen MR) is 208 cm³/mol. The maximum Gasteiger partial charge on any atom is 0.481 e. The van der Waals surface area contributed by atoms with Crippen LogP contribution in [0, 0.1) is 17.3 Å². The number of nitrogens with one attached hydrogen (secondary N) is 3. The minimum atomic E-state index is -4.54. The molecule has 1 aromatic heterocycles. The second kappa shape index (κ2) is 14.6. The molecule has 1 saturated heterocycles. The number of fused-ring (bicyclic) bond motifs is 1. The summed E-state index contributed by atoms with van der Waals surface area (Å²) in [5.41, 5.74) is -2.04. The topological polar surface area (TPSA) is 144 Å². The fourth-order valence-electron chi connectivity index (χ4n) is 9.63. The number of carbonyl (C=O) groups is 3. The number of carbonyl (C=O) groups excluding carboxylic acids is 3. The van der Waals surface area contributed by atoms with Crippen molar-refractivity contribution in [2.24, 2.45) is 17.3 Å². The van der Waals surface area contributed by atoms with Crippen molar-refractivity contribution in [2.45, 2.75) is 109 Å². The quantitative estimate of drug-likeness (QED) is 0.202. The van der Waals surface area contributed by atoms with E-state index in [-0.39, 0.29) is 53.9 Å². The van der Waals surface area contributed by atoms with Gasteiger partial charge in [-0.15, -0.1) is 0 Å². The van der Waals surface area contributed by atoms with E-state index < -0.39 is 59.2 Å². The van der Waals surface area contributed by atoms with Gasteiger partial charge in [-0.05, 0) is 79.7 Å². The number of amides is 3. The summed E-state index contributed by atoms with van der Waals surface area (Å²) in [5.74, 6) is -0.720. The van der Waals surface area contributed by atoms with Crippen LogP contribution in [-0.4, -0.2) is 71.0 Å². The van der Waals surface area contributed by atoms with E-state index in [1.54, 1.807) is 45.3 Å². The number of hydrogen-bond donors (Lipinski definition) is 3. The third kappa shape index (κ3) is 7.23. The number of rotatable bonds is 11. The van der Waals surface area contributed by atoms with E-state index in [2.05, 4.69) is 41.7 Å². The lowest BCUT2D eigenvalue weighted by molar-refractivity contribution is -0.199. The summed E-state index contributed by atoms with van der Waals surface area (Å²) < 4.78 is 54.7. The second-order valence-electron chi connectivity index (χ2n) is 17.3. The van der Waals surface area contributed by atoms with Crippen LogP contribution in [0.15, 0.2) is 59.5 Å². The number of aromatic nitrogens is 2. The standard InChI is InChI=1S/C41H50BF3N6O6/c1-8-32(42-56-31-18-25-17-30(38(25,2)3)40(31,5)57-42)49-34(53)29-19-39(4,20-33(52)48-27-15-10-9-14-26(27)35(54)50(6)7)37-47-22-28(36(55)51(29)37)46-21-23-12-11-13-24(16-23)41(43,44)45/h9-16,22,25,29-32,46H,8,17-21H2,1-7H3,(H,48,52)(H,49,53)/t25-,29-,30-,31+,32-,39-,40-/m0/s1. The monoisotopic (exact) mass is 790 g/mol. The fraction of sp³-hybridized carbons (Fsp3) is 0.537. The smallest absolute Gasteiger partial charge is 0.404 e. The zero-order chi connectivity index (χ0) is 41.2. The molecule has 16 heteroatoms. The molecule has 2 bridgehead atoms. The predicted octanol–water partition coefficient (Wildman–Crippen LogP) is 5.97. The molecule has 3 saturated carbocycles. The molecule has 3 aliphatic carbocycles. The Balaban J connectivity index is 1.16. The molecule has 4 fully saturated rings. The lowest BCUT2D eigenvalue weighted by Gasteiger charge is -2.64. The highest BCUT2D eigenvalue weighted by Gasteiger charge is 2.68. The van der Waals surface area contributed by atoms with E-state index in [1.165, 1.54) is 27.8 Å². The van der Waals surface area contributed by atoms with E-state index in [9.17, 15) is 32.3 Å². The maximum absolute atomic E-state index is 14.4. The van der Waals surface area contributed by atoms with Crippen molar-refractivity contribution >= 4 is 36.2 Å². The summed E-state index contributed by atoms with van der Waals surface area (Å²) in [6.45, 7) is 10.2. The summed E-state index contributed by atoms with van der Waals surface area (Å²) in [6.07, 6.45) is -1.08. The first kappa shape index (κ1) is 40.5. The molecule has 3 heterocycles. The van der Waals surface area contributed by atoms with Gasteiger partial charge in [0.1, 0.15) is 17.6 Å². The number of para-hydroxylation sites is 1. The Morgan fingerprint density at radius 1 is 1.05 bits per heavy atom. The first-order valence-corrected chi connectivity index (χ1v) is 19.5. The van der Waals surface area contributed by atoms with Gasteiger partial charge in [-0.3, -0.25) is 23.7 Å². The highest BCUT2D eigenvalue weighted by atomic mass is 19.4. The Morgan fingerprint density at radius 3 is 2.47 bits per heavy atom. The average molecular weight is 791 g/mol. The molecule has 0 unspecified atom stereocenters. The summed E-state index contributed by atoms with van der Waals surface area (Å²) in [4.78, 5) is 61.4. The summed E-state index contributed by atoms with van der Waals surface area (Å²) in [5, 5.41) is 8.87. The van der Waals surface area contributed by atoms with Crippen molar-refractivity contribution in [3.8, 4) is 0 Å². The van der Waals surface area contributed by atoms with Crippen LogP contribution in [0.1, 0.15) is 100 Å². The van der Waals surface area contributed by atoms with Crippen LogP contribution in [0.25, 0.3) is 0 Å². The van der Waals surface area contributed by atoms with Gasteiger partial charge < -0.3 is 30.2 Å². The normalized spacial score (nSPS) is 27.4. The number of anilines is 2. The average Bonchev–Trinajstić information content (AvgIpc) is 3.67. The SMILES string of the molecule is CC[C@H](NC(=O)[C@@H]1C[C@@](C)(CC(=O)Nc2ccccc2C(=O)N(C)C)c2ncc(NCc3cccc(C(F)(F)F)c3)c(=O)n21)B1O[C@@H]2C[C@@H]3C[C@@H](C3(C)C)[C@]2(C)O1. The molecule has 7 atom stereocenters. The van der Waals surface area contributed by atoms with Crippen LogP contribution in [0.2, 0.25) is 0 Å². The molecule has 0 spiro atoms. The fourth-order valence-corrected chi connectivity index (χ4v) is 9.63. The molecule has 5 aliphatic rings. The van der Waals surface area contributed by atoms with E-state index in [4.69, 9.17) is 9.31 Å². The number of benzene rings is 2. The molecule has 8 rings (SSSR count). The van der Waals surface area contributed by atoms with Gasteiger partial charge in [0, 0.05) is 32.5 Å². The molecule has 3 aromatic rings. The zero-order valence-electron chi connectivity index (χ0n) is 33.3. The third-order valence-corrected chi connectivity index (χ3v) is 13.0. The second-order valence-corrected chi connectivity index (χ2v) is 17.3. The van der Waals surface area contributed by atoms with Crippen LogP contribution in [0.4, 0.5) is 24.5 Å². The van der Waals surface area contributed by atoms with E-state index in [0.29, 0.717) is 29.5 Å². The zero-order valence-corrected chi connectivity index (χ0v) is 33.3. The molecular formula is C41H50BF3N6O6. The summed E-state index contributed by atoms with van der Waals surface area (Å²) in [6, 6.07) is 10.3. The van der Waals surface area contributed by atoms with E-state index in [0.717, 1.165) is 25.0 Å². The van der Waals surface area contributed by atoms with Gasteiger partial charge in [-0.1, -0.05) is 52.0 Å². The van der Waals surface area contributed by atoms with Crippen LogP contribution in [0.5, 0.6) is 0 Å². The van der Waals surface area contributed by atoms with Gasteiger partial charge in [-0.25, -0.2) is 4.98 Å². The van der Waals surface area contributed by atoms with Crippen molar-refractivity contribution in [1.82, 2.24) is 19.8 Å². The molecule has 12 nitrogen and oxygen atoms in total. The molecule has 3 amide bonds. The lowest BCUT2D eigenvalue weighted by atomic mass is 9.43. The number of hydrogen-bond acceptors (Lipinski definition) is 8. The number of alkyl halides is 3. The number of halogens is 3. The van der Waals surface area contributed by atoms with Gasteiger partial charge in [0.25, 0.3) is 11.5 Å². The molecule has 57 heavy (non-hydrogen) atoms. The van der Waals surface area contributed by atoms with Crippen molar-refractivity contribution in [3.63, 3.8) is 0 Å². The Bertz CT molecular complexity index is 2150. The molecule has 2 aliphatic heterocycles. The lowest BCUT2D eigenvalue weighted by Crippen LogP contribution is -2.65. The highest BCUT2D eigenvalue weighted by molar-refractivity contribution is 6.47. The van der Waals surface area contributed by atoms with Crippen molar-refractivity contribution < 1.29 is 36.9 Å². The molecule has 0 radical (unpaired) electrons. The van der Waals surface area contributed by atoms with Gasteiger partial charge in [0.15, 0.2) is 0 Å².